The average Bonchev–Trinajstić information content (AvgIpc) is 2.72. The minimum Gasteiger partial charge on any atom is -0.392 e. The van der Waals surface area contributed by atoms with Gasteiger partial charge >= 0.3 is 0 Å². The molecule has 0 aliphatic heterocycles. The quantitative estimate of drug-likeness (QED) is 0.485. The van der Waals surface area contributed by atoms with Crippen LogP contribution in [0.2, 0.25) is 0 Å². The molecule has 0 amide bonds. The molecule has 0 bridgehead atoms. The van der Waals surface area contributed by atoms with E-state index in [-0.39, 0.29) is 11.5 Å². The first-order valence-electron chi connectivity index (χ1n) is 8.70. The zero-order valence-electron chi connectivity index (χ0n) is 15.3. The highest BCUT2D eigenvalue weighted by Gasteiger charge is 2.31. The zero-order chi connectivity index (χ0) is 20.1. The molecule has 3 aromatic carbocycles. The lowest BCUT2D eigenvalue weighted by Gasteiger charge is -2.19. The molecule has 0 heterocycles. The number of benzene rings is 3. The van der Waals surface area contributed by atoms with Crippen LogP contribution in [0.1, 0.15) is 33.2 Å². The summed E-state index contributed by atoms with van der Waals surface area (Å²) < 4.78 is 31.1. The van der Waals surface area contributed by atoms with E-state index in [0.717, 1.165) is 5.56 Å². The number of carbonyl (C=O) groups is 1. The molecule has 144 valence electrons. The number of aliphatic hydroxyl groups is 1. The van der Waals surface area contributed by atoms with E-state index >= 15 is 0 Å². The van der Waals surface area contributed by atoms with Gasteiger partial charge in [0.25, 0.3) is 10.1 Å². The van der Waals surface area contributed by atoms with Crippen LogP contribution in [0.4, 0.5) is 0 Å². The minimum absolute atomic E-state index is 0.0366. The van der Waals surface area contributed by atoms with Crippen molar-refractivity contribution in [2.24, 2.45) is 0 Å². The SMILES string of the molecule is Cc1ccc(S(=O)(=O)OC(C(=O)c2ccccc2)c2ccccc2CO)cc1. The summed E-state index contributed by atoms with van der Waals surface area (Å²) in [5.74, 6) is -0.503. The van der Waals surface area contributed by atoms with Crippen LogP contribution in [0, 0.1) is 6.92 Å². The van der Waals surface area contributed by atoms with Crippen molar-refractivity contribution in [1.29, 1.82) is 0 Å². The normalized spacial score (nSPS) is 12.5. The number of hydrogen-bond donors (Lipinski definition) is 1. The van der Waals surface area contributed by atoms with E-state index in [1.807, 2.05) is 6.92 Å². The van der Waals surface area contributed by atoms with Crippen molar-refractivity contribution in [3.63, 3.8) is 0 Å². The van der Waals surface area contributed by atoms with E-state index in [1.54, 1.807) is 66.7 Å². The second-order valence-corrected chi connectivity index (χ2v) is 7.90. The summed E-state index contributed by atoms with van der Waals surface area (Å²) in [4.78, 5) is 13.1. The first-order chi connectivity index (χ1) is 13.4. The standard InChI is InChI=1S/C22H20O5S/c1-16-11-13-19(14-12-16)28(25,26)27-22(20-10-6-5-9-18(20)15-23)21(24)17-7-3-2-4-8-17/h2-14,22-23H,15H2,1H3. The molecule has 1 N–H and O–H groups in total. The Balaban J connectivity index is 2.06. The lowest BCUT2D eigenvalue weighted by atomic mass is 9.96. The molecule has 0 aromatic heterocycles. The van der Waals surface area contributed by atoms with Gasteiger partial charge in [0.05, 0.1) is 11.5 Å². The topological polar surface area (TPSA) is 80.7 Å². The van der Waals surface area contributed by atoms with Crippen LogP contribution in [-0.4, -0.2) is 19.3 Å². The third kappa shape index (κ3) is 4.36. The van der Waals surface area contributed by atoms with Crippen molar-refractivity contribution < 1.29 is 22.5 Å². The van der Waals surface area contributed by atoms with Gasteiger partial charge in [0, 0.05) is 5.56 Å². The molecule has 0 aliphatic carbocycles. The zero-order valence-corrected chi connectivity index (χ0v) is 16.1. The fourth-order valence-corrected chi connectivity index (χ4v) is 3.84. The Morgan fingerprint density at radius 3 is 2.18 bits per heavy atom. The number of hydrogen-bond acceptors (Lipinski definition) is 5. The third-order valence-electron chi connectivity index (χ3n) is 4.34. The maximum Gasteiger partial charge on any atom is 0.298 e. The van der Waals surface area contributed by atoms with E-state index in [2.05, 4.69) is 0 Å². The van der Waals surface area contributed by atoms with Crippen LogP contribution in [-0.2, 0) is 20.9 Å². The maximum atomic E-state index is 13.1. The predicted molar refractivity (Wildman–Crippen MR) is 105 cm³/mol. The summed E-state index contributed by atoms with van der Waals surface area (Å²) in [6, 6.07) is 21.1. The Morgan fingerprint density at radius 1 is 0.929 bits per heavy atom. The molecular weight excluding hydrogens is 376 g/mol. The molecule has 5 nitrogen and oxygen atoms in total. The van der Waals surface area contributed by atoms with Gasteiger partial charge in [-0.05, 0) is 30.2 Å². The third-order valence-corrected chi connectivity index (χ3v) is 5.63. The van der Waals surface area contributed by atoms with Crippen molar-refractivity contribution in [3.8, 4) is 0 Å². The number of Topliss-reactive ketones (excluding diaryl/α,β-unsaturated/α-hetero) is 1. The smallest absolute Gasteiger partial charge is 0.298 e. The highest BCUT2D eigenvalue weighted by Crippen LogP contribution is 2.30. The second kappa shape index (κ2) is 8.48. The van der Waals surface area contributed by atoms with Crippen molar-refractivity contribution in [2.75, 3.05) is 0 Å². The van der Waals surface area contributed by atoms with Crippen LogP contribution < -0.4 is 0 Å². The van der Waals surface area contributed by atoms with Gasteiger partial charge in [0.2, 0.25) is 0 Å². The van der Waals surface area contributed by atoms with Crippen LogP contribution in [0.25, 0.3) is 0 Å². The molecule has 0 aliphatic rings. The molecule has 1 atom stereocenters. The van der Waals surface area contributed by atoms with Gasteiger partial charge in [0.1, 0.15) is 0 Å². The molecule has 28 heavy (non-hydrogen) atoms. The Labute approximate surface area is 164 Å². The molecule has 1 unspecified atom stereocenters. The lowest BCUT2D eigenvalue weighted by molar-refractivity contribution is 0.0798. The molecule has 3 rings (SSSR count). The molecular formula is C22H20O5S. The summed E-state index contributed by atoms with van der Waals surface area (Å²) in [5, 5.41) is 9.65. The molecule has 6 heteroatoms. The summed E-state index contributed by atoms with van der Waals surface area (Å²) >= 11 is 0. The van der Waals surface area contributed by atoms with Crippen LogP contribution in [0.5, 0.6) is 0 Å². The summed E-state index contributed by atoms with van der Waals surface area (Å²) in [6.07, 6.45) is -1.41. The van der Waals surface area contributed by atoms with E-state index < -0.39 is 22.0 Å². The maximum absolute atomic E-state index is 13.1. The largest absolute Gasteiger partial charge is 0.392 e. The Hall–Kier alpha value is -2.80. The molecule has 0 spiro atoms. The molecule has 3 aromatic rings. The summed E-state index contributed by atoms with van der Waals surface area (Å²) in [7, 11) is -4.20. The van der Waals surface area contributed by atoms with Gasteiger partial charge < -0.3 is 5.11 Å². The van der Waals surface area contributed by atoms with Gasteiger partial charge in [-0.1, -0.05) is 72.3 Å². The Bertz CT molecular complexity index is 1060. The highest BCUT2D eigenvalue weighted by molar-refractivity contribution is 7.86. The van der Waals surface area contributed by atoms with Crippen molar-refractivity contribution in [1.82, 2.24) is 0 Å². The van der Waals surface area contributed by atoms with Crippen molar-refractivity contribution >= 4 is 15.9 Å². The van der Waals surface area contributed by atoms with Gasteiger partial charge in [-0.2, -0.15) is 8.42 Å². The van der Waals surface area contributed by atoms with Gasteiger partial charge in [-0.15, -0.1) is 0 Å². The van der Waals surface area contributed by atoms with Crippen molar-refractivity contribution in [2.45, 2.75) is 24.5 Å². The Kier molecular flexibility index (Phi) is 6.04. The molecule has 0 fully saturated rings. The monoisotopic (exact) mass is 396 g/mol. The predicted octanol–water partition coefficient (Wildman–Crippen LogP) is 3.82. The van der Waals surface area contributed by atoms with E-state index in [1.165, 1.54) is 12.1 Å². The fourth-order valence-electron chi connectivity index (χ4n) is 2.81. The number of aryl methyl sites for hydroxylation is 1. The first kappa shape index (κ1) is 19.9. The molecule has 0 saturated carbocycles. The van der Waals surface area contributed by atoms with Crippen LogP contribution in [0.3, 0.4) is 0 Å². The number of ketones is 1. The average molecular weight is 396 g/mol. The van der Waals surface area contributed by atoms with Gasteiger partial charge in [-0.25, -0.2) is 4.18 Å². The van der Waals surface area contributed by atoms with Crippen LogP contribution >= 0.6 is 0 Å². The van der Waals surface area contributed by atoms with E-state index in [4.69, 9.17) is 4.18 Å². The van der Waals surface area contributed by atoms with Crippen LogP contribution in [0.15, 0.2) is 83.8 Å². The number of aliphatic hydroxyl groups excluding tert-OH is 1. The fraction of sp³-hybridized carbons (Fsp3) is 0.136. The molecule has 0 saturated heterocycles. The first-order valence-corrected chi connectivity index (χ1v) is 10.1. The minimum atomic E-state index is -4.20. The van der Waals surface area contributed by atoms with E-state index in [0.29, 0.717) is 16.7 Å². The summed E-state index contributed by atoms with van der Waals surface area (Å²) in [5.41, 5.74) is 1.96. The van der Waals surface area contributed by atoms with Gasteiger partial charge in [0.15, 0.2) is 11.9 Å². The molecule has 0 radical (unpaired) electrons. The lowest BCUT2D eigenvalue weighted by Crippen LogP contribution is -2.22. The second-order valence-electron chi connectivity index (χ2n) is 6.33. The van der Waals surface area contributed by atoms with Gasteiger partial charge in [-0.3, -0.25) is 4.79 Å². The number of rotatable bonds is 7. The number of carbonyl (C=O) groups excluding carboxylic acids is 1. The highest BCUT2D eigenvalue weighted by atomic mass is 32.2. The Morgan fingerprint density at radius 2 is 1.54 bits per heavy atom. The van der Waals surface area contributed by atoms with E-state index in [9.17, 15) is 18.3 Å². The summed E-state index contributed by atoms with van der Waals surface area (Å²) in [6.45, 7) is 1.50. The van der Waals surface area contributed by atoms with Crippen molar-refractivity contribution in [3.05, 3.63) is 101 Å².